The molecule has 0 unspecified atom stereocenters. The maximum Gasteiger partial charge on any atom is 0.271 e. The summed E-state index contributed by atoms with van der Waals surface area (Å²) in [5, 5.41) is 27.2. The summed E-state index contributed by atoms with van der Waals surface area (Å²) in [6, 6.07) is 16.4. The van der Waals surface area contributed by atoms with Gasteiger partial charge < -0.3 is 10.6 Å². The van der Waals surface area contributed by atoms with Crippen molar-refractivity contribution in [3.05, 3.63) is 81.7 Å². The minimum atomic E-state index is -0.422. The molecule has 0 aliphatic carbocycles. The van der Waals surface area contributed by atoms with Crippen molar-refractivity contribution in [1.82, 2.24) is 0 Å². The molecule has 2 aromatic rings. The molecule has 4 rings (SSSR count). The van der Waals surface area contributed by atoms with Gasteiger partial charge in [-0.3, -0.25) is 15.0 Å². The van der Waals surface area contributed by atoms with Crippen molar-refractivity contribution < 1.29 is 4.92 Å². The average Bonchev–Trinajstić information content (AvgIpc) is 3.01. The fourth-order valence-corrected chi connectivity index (χ4v) is 3.29. The molecule has 2 aromatic carbocycles. The lowest BCUT2D eigenvalue weighted by molar-refractivity contribution is -0.384. The number of nitro groups is 1. The Morgan fingerprint density at radius 2 is 2.08 bits per heavy atom. The van der Waals surface area contributed by atoms with Crippen LogP contribution in [0.4, 0.5) is 22.7 Å². The normalized spacial score (nSPS) is 17.6. The van der Waals surface area contributed by atoms with Crippen molar-refractivity contribution in [2.75, 3.05) is 15.5 Å². The Balaban J connectivity index is 1.77. The number of anilines is 3. The van der Waals surface area contributed by atoms with Gasteiger partial charge >= 0.3 is 0 Å². The van der Waals surface area contributed by atoms with Crippen LogP contribution in [0.15, 0.2) is 71.6 Å². The highest BCUT2D eigenvalue weighted by Crippen LogP contribution is 2.42. The quantitative estimate of drug-likeness (QED) is 0.646. The number of non-ortho nitro benzene ring substituents is 1. The van der Waals surface area contributed by atoms with Crippen molar-refractivity contribution in [1.29, 1.82) is 5.26 Å². The molecule has 7 nitrogen and oxygen atoms in total. The van der Waals surface area contributed by atoms with Gasteiger partial charge in [-0.05, 0) is 36.8 Å². The molecular formula is C19H15N5O2. The first-order valence-corrected chi connectivity index (χ1v) is 8.07. The number of allylic oxidation sites excluding steroid dienone is 2. The van der Waals surface area contributed by atoms with Crippen molar-refractivity contribution in [2.24, 2.45) is 0 Å². The standard InChI is InChI=1S/C19H15N5O2/c1-12-9-18(21-13-5-4-6-14(10-13)24(25)26)23-17-8-3-2-7-16(17)22-19(23)15(12)11-20/h2-10,19,21-22H,1H3/t19-/m1/s1. The number of rotatable bonds is 3. The molecule has 2 aliphatic heterocycles. The first-order valence-electron chi connectivity index (χ1n) is 8.07. The molecule has 128 valence electrons. The lowest BCUT2D eigenvalue weighted by Crippen LogP contribution is -2.41. The highest BCUT2D eigenvalue weighted by Gasteiger charge is 2.37. The fourth-order valence-electron chi connectivity index (χ4n) is 3.29. The minimum Gasteiger partial charge on any atom is -0.359 e. The minimum absolute atomic E-state index is 0.0212. The number of para-hydroxylation sites is 2. The second-order valence-corrected chi connectivity index (χ2v) is 6.10. The Bertz CT molecular complexity index is 1020. The SMILES string of the molecule is CC1=C(C#N)[C@@H]2Nc3ccccc3N2C(Nc2cccc([N+](=O)[O-])c2)=C1. The van der Waals surface area contributed by atoms with E-state index in [9.17, 15) is 15.4 Å². The molecule has 0 saturated heterocycles. The summed E-state index contributed by atoms with van der Waals surface area (Å²) < 4.78 is 0. The predicted molar refractivity (Wildman–Crippen MR) is 99.4 cm³/mol. The number of benzene rings is 2. The molecule has 2 N–H and O–H groups in total. The van der Waals surface area contributed by atoms with Gasteiger partial charge in [0, 0.05) is 17.8 Å². The van der Waals surface area contributed by atoms with E-state index in [-0.39, 0.29) is 11.9 Å². The molecule has 2 heterocycles. The summed E-state index contributed by atoms with van der Waals surface area (Å²) >= 11 is 0. The van der Waals surface area contributed by atoms with E-state index in [0.29, 0.717) is 11.3 Å². The van der Waals surface area contributed by atoms with Gasteiger partial charge in [0.1, 0.15) is 12.0 Å². The first kappa shape index (κ1) is 15.7. The maximum absolute atomic E-state index is 11.0. The maximum atomic E-state index is 11.0. The van der Waals surface area contributed by atoms with Crippen molar-refractivity contribution in [3.63, 3.8) is 0 Å². The van der Waals surface area contributed by atoms with Gasteiger partial charge in [0.05, 0.1) is 27.9 Å². The van der Waals surface area contributed by atoms with Gasteiger partial charge in [0.25, 0.3) is 5.69 Å². The zero-order chi connectivity index (χ0) is 18.3. The number of nitrogens with zero attached hydrogens (tertiary/aromatic N) is 3. The predicted octanol–water partition coefficient (Wildman–Crippen LogP) is 3.96. The third-order valence-corrected chi connectivity index (χ3v) is 4.47. The molecule has 0 spiro atoms. The van der Waals surface area contributed by atoms with Crippen molar-refractivity contribution in [3.8, 4) is 6.07 Å². The molecule has 0 radical (unpaired) electrons. The van der Waals surface area contributed by atoms with Crippen LogP contribution < -0.4 is 15.5 Å². The Morgan fingerprint density at radius 3 is 2.85 bits per heavy atom. The lowest BCUT2D eigenvalue weighted by Gasteiger charge is -2.33. The topological polar surface area (TPSA) is 94.2 Å². The second-order valence-electron chi connectivity index (χ2n) is 6.10. The molecule has 2 aliphatic rings. The molecule has 7 heteroatoms. The largest absolute Gasteiger partial charge is 0.359 e. The summed E-state index contributed by atoms with van der Waals surface area (Å²) in [5.74, 6) is 0.754. The van der Waals surface area contributed by atoms with E-state index in [1.165, 1.54) is 12.1 Å². The van der Waals surface area contributed by atoms with E-state index < -0.39 is 4.92 Å². The summed E-state index contributed by atoms with van der Waals surface area (Å²) in [6.07, 6.45) is 1.58. The zero-order valence-corrected chi connectivity index (χ0v) is 13.9. The van der Waals surface area contributed by atoms with Crippen LogP contribution in [-0.2, 0) is 0 Å². The summed E-state index contributed by atoms with van der Waals surface area (Å²) in [5.41, 5.74) is 4.01. The number of fused-ring (bicyclic) bond motifs is 3. The van der Waals surface area contributed by atoms with Crippen LogP contribution in [0.2, 0.25) is 0 Å². The van der Waals surface area contributed by atoms with Crippen molar-refractivity contribution in [2.45, 2.75) is 13.1 Å². The summed E-state index contributed by atoms with van der Waals surface area (Å²) in [7, 11) is 0. The number of nitrogens with one attached hydrogen (secondary N) is 2. The molecule has 0 fully saturated rings. The Kier molecular flexibility index (Phi) is 3.59. The van der Waals surface area contributed by atoms with Crippen LogP contribution in [0.1, 0.15) is 6.92 Å². The lowest BCUT2D eigenvalue weighted by atomic mass is 10.0. The summed E-state index contributed by atoms with van der Waals surface area (Å²) in [6.45, 7) is 1.88. The van der Waals surface area contributed by atoms with Crippen LogP contribution in [0, 0.1) is 21.4 Å². The Labute approximate surface area is 150 Å². The van der Waals surface area contributed by atoms with Crippen LogP contribution in [0.25, 0.3) is 0 Å². The monoisotopic (exact) mass is 345 g/mol. The van der Waals surface area contributed by atoms with Gasteiger partial charge in [-0.25, -0.2) is 0 Å². The zero-order valence-electron chi connectivity index (χ0n) is 13.9. The molecule has 0 aromatic heterocycles. The van der Waals surface area contributed by atoms with E-state index in [0.717, 1.165) is 22.8 Å². The molecular weight excluding hydrogens is 330 g/mol. The van der Waals surface area contributed by atoms with Crippen LogP contribution in [0.3, 0.4) is 0 Å². The van der Waals surface area contributed by atoms with Gasteiger partial charge in [-0.1, -0.05) is 18.2 Å². The molecule has 1 atom stereocenters. The van der Waals surface area contributed by atoms with E-state index in [4.69, 9.17) is 0 Å². The van der Waals surface area contributed by atoms with Crippen LogP contribution >= 0.6 is 0 Å². The van der Waals surface area contributed by atoms with E-state index in [2.05, 4.69) is 16.7 Å². The third kappa shape index (κ3) is 2.45. The first-order chi connectivity index (χ1) is 12.6. The smallest absolute Gasteiger partial charge is 0.271 e. The number of hydrogen-bond acceptors (Lipinski definition) is 6. The highest BCUT2D eigenvalue weighted by atomic mass is 16.6. The number of hydrogen-bond donors (Lipinski definition) is 2. The number of nitriles is 1. The van der Waals surface area contributed by atoms with Crippen LogP contribution in [0.5, 0.6) is 0 Å². The van der Waals surface area contributed by atoms with E-state index >= 15 is 0 Å². The van der Waals surface area contributed by atoms with Crippen LogP contribution in [-0.4, -0.2) is 11.1 Å². The molecule has 26 heavy (non-hydrogen) atoms. The summed E-state index contributed by atoms with van der Waals surface area (Å²) in [4.78, 5) is 12.6. The fraction of sp³-hybridized carbons (Fsp3) is 0.105. The second kappa shape index (κ2) is 5.93. The molecule has 0 saturated carbocycles. The highest BCUT2D eigenvalue weighted by molar-refractivity contribution is 5.83. The average molecular weight is 345 g/mol. The third-order valence-electron chi connectivity index (χ3n) is 4.47. The van der Waals surface area contributed by atoms with Gasteiger partial charge in [-0.2, -0.15) is 5.26 Å². The van der Waals surface area contributed by atoms with Gasteiger partial charge in [-0.15, -0.1) is 0 Å². The van der Waals surface area contributed by atoms with Gasteiger partial charge in [0.2, 0.25) is 0 Å². The molecule has 0 bridgehead atoms. The Hall–Kier alpha value is -3.79. The van der Waals surface area contributed by atoms with Crippen molar-refractivity contribution >= 4 is 22.7 Å². The Morgan fingerprint density at radius 1 is 1.27 bits per heavy atom. The van der Waals surface area contributed by atoms with E-state index in [1.807, 2.05) is 42.2 Å². The molecule has 0 amide bonds. The van der Waals surface area contributed by atoms with Gasteiger partial charge in [0.15, 0.2) is 0 Å². The number of nitro benzene ring substituents is 1. The van der Waals surface area contributed by atoms with E-state index in [1.54, 1.807) is 12.1 Å².